The second kappa shape index (κ2) is 7.15. The van der Waals surface area contributed by atoms with Crippen LogP contribution in [0.3, 0.4) is 0 Å². The van der Waals surface area contributed by atoms with E-state index in [9.17, 15) is 9.18 Å². The van der Waals surface area contributed by atoms with Gasteiger partial charge >= 0.3 is 0 Å². The van der Waals surface area contributed by atoms with Gasteiger partial charge in [0.05, 0.1) is 23.2 Å². The first-order chi connectivity index (χ1) is 12.0. The number of rotatable bonds is 5. The maximum Gasteiger partial charge on any atom is 0.253 e. The van der Waals surface area contributed by atoms with Crippen molar-refractivity contribution in [1.82, 2.24) is 5.32 Å². The van der Waals surface area contributed by atoms with Crippen LogP contribution < -0.4 is 10.1 Å². The predicted molar refractivity (Wildman–Crippen MR) is 94.7 cm³/mol. The summed E-state index contributed by atoms with van der Waals surface area (Å²) < 4.78 is 24.5. The molecular weight excluding hydrogens is 345 g/mol. The molecule has 0 spiro atoms. The summed E-state index contributed by atoms with van der Waals surface area (Å²) in [6.45, 7) is 4.23. The monoisotopic (exact) mass is 361 g/mol. The lowest BCUT2D eigenvalue weighted by molar-refractivity contribution is 0.0936. The molecule has 0 aliphatic heterocycles. The van der Waals surface area contributed by atoms with Gasteiger partial charge < -0.3 is 14.5 Å². The summed E-state index contributed by atoms with van der Waals surface area (Å²) >= 11 is 5.93. The molecule has 1 N–H and O–H groups in total. The molecule has 0 saturated heterocycles. The molecule has 130 valence electrons. The average molecular weight is 362 g/mol. The van der Waals surface area contributed by atoms with Crippen LogP contribution in [0.2, 0.25) is 5.02 Å². The van der Waals surface area contributed by atoms with Gasteiger partial charge in [-0.1, -0.05) is 23.7 Å². The minimum absolute atomic E-state index is 0.0629. The number of fused-ring (bicyclic) bond motifs is 1. The SMILES string of the molecule is CCOc1cccc2cc(C(C)NC(=O)c3ccc(F)cc3Cl)oc12. The molecule has 0 fully saturated rings. The molecule has 0 radical (unpaired) electrons. The highest BCUT2D eigenvalue weighted by molar-refractivity contribution is 6.33. The lowest BCUT2D eigenvalue weighted by Gasteiger charge is -2.12. The lowest BCUT2D eigenvalue weighted by atomic mass is 10.1. The van der Waals surface area contributed by atoms with Crippen LogP contribution in [0.5, 0.6) is 5.75 Å². The van der Waals surface area contributed by atoms with Crippen molar-refractivity contribution in [2.75, 3.05) is 6.61 Å². The Morgan fingerprint density at radius 1 is 1.32 bits per heavy atom. The third kappa shape index (κ3) is 3.61. The van der Waals surface area contributed by atoms with Crippen LogP contribution >= 0.6 is 11.6 Å². The third-order valence-corrected chi connectivity index (χ3v) is 4.09. The molecule has 0 aliphatic rings. The highest BCUT2D eigenvalue weighted by Crippen LogP contribution is 2.31. The van der Waals surface area contributed by atoms with Crippen LogP contribution in [0.4, 0.5) is 4.39 Å². The summed E-state index contributed by atoms with van der Waals surface area (Å²) in [7, 11) is 0. The Labute approximate surface area is 149 Å². The fourth-order valence-corrected chi connectivity index (χ4v) is 2.81. The number of hydrogen-bond donors (Lipinski definition) is 1. The van der Waals surface area contributed by atoms with E-state index in [1.807, 2.05) is 31.2 Å². The van der Waals surface area contributed by atoms with Crippen LogP contribution in [0.15, 0.2) is 46.9 Å². The van der Waals surface area contributed by atoms with E-state index in [0.29, 0.717) is 23.7 Å². The molecule has 0 aliphatic carbocycles. The molecular formula is C19H17ClFNO3. The summed E-state index contributed by atoms with van der Waals surface area (Å²) in [5, 5.41) is 3.76. The van der Waals surface area contributed by atoms with Gasteiger partial charge in [-0.05, 0) is 44.2 Å². The second-order valence-electron chi connectivity index (χ2n) is 5.58. The first-order valence-corrected chi connectivity index (χ1v) is 8.28. The molecule has 3 rings (SSSR count). The van der Waals surface area contributed by atoms with Crippen molar-refractivity contribution in [2.24, 2.45) is 0 Å². The van der Waals surface area contributed by atoms with Gasteiger partial charge in [-0.3, -0.25) is 4.79 Å². The van der Waals surface area contributed by atoms with Crippen LogP contribution in [0.25, 0.3) is 11.0 Å². The number of amides is 1. The molecule has 4 nitrogen and oxygen atoms in total. The van der Waals surface area contributed by atoms with E-state index >= 15 is 0 Å². The van der Waals surface area contributed by atoms with Gasteiger partial charge in [0.25, 0.3) is 5.91 Å². The Kier molecular flexibility index (Phi) is 4.95. The van der Waals surface area contributed by atoms with Crippen molar-refractivity contribution in [2.45, 2.75) is 19.9 Å². The fourth-order valence-electron chi connectivity index (χ4n) is 2.56. The smallest absolute Gasteiger partial charge is 0.253 e. The topological polar surface area (TPSA) is 51.5 Å². The molecule has 0 saturated carbocycles. The Morgan fingerprint density at radius 2 is 2.12 bits per heavy atom. The fraction of sp³-hybridized carbons (Fsp3) is 0.211. The summed E-state index contributed by atoms with van der Waals surface area (Å²) in [4.78, 5) is 12.4. The van der Waals surface area contributed by atoms with E-state index in [2.05, 4.69) is 5.32 Å². The van der Waals surface area contributed by atoms with Gasteiger partial charge in [0.15, 0.2) is 11.3 Å². The van der Waals surface area contributed by atoms with E-state index in [0.717, 1.165) is 11.5 Å². The van der Waals surface area contributed by atoms with E-state index < -0.39 is 17.8 Å². The quantitative estimate of drug-likeness (QED) is 0.686. The maximum absolute atomic E-state index is 13.1. The van der Waals surface area contributed by atoms with E-state index in [4.69, 9.17) is 20.8 Å². The predicted octanol–water partition coefficient (Wildman–Crippen LogP) is 5.12. The number of carbonyl (C=O) groups is 1. The van der Waals surface area contributed by atoms with Crippen LogP contribution in [0.1, 0.15) is 36.0 Å². The van der Waals surface area contributed by atoms with Gasteiger partial charge in [-0.2, -0.15) is 0 Å². The zero-order valence-corrected chi connectivity index (χ0v) is 14.6. The number of furan rings is 1. The minimum atomic E-state index is -0.490. The molecule has 0 bridgehead atoms. The number of benzene rings is 2. The third-order valence-electron chi connectivity index (χ3n) is 3.78. The van der Waals surface area contributed by atoms with Gasteiger partial charge in [-0.25, -0.2) is 4.39 Å². The van der Waals surface area contributed by atoms with Crippen molar-refractivity contribution in [1.29, 1.82) is 0 Å². The number of para-hydroxylation sites is 1. The molecule has 1 heterocycles. The molecule has 25 heavy (non-hydrogen) atoms. The molecule has 1 atom stereocenters. The zero-order valence-electron chi connectivity index (χ0n) is 13.8. The Bertz CT molecular complexity index is 922. The van der Waals surface area contributed by atoms with Gasteiger partial charge in [0.2, 0.25) is 0 Å². The number of carbonyl (C=O) groups excluding carboxylic acids is 1. The largest absolute Gasteiger partial charge is 0.490 e. The van der Waals surface area contributed by atoms with E-state index in [1.54, 1.807) is 6.92 Å². The number of hydrogen-bond acceptors (Lipinski definition) is 3. The zero-order chi connectivity index (χ0) is 18.0. The summed E-state index contributed by atoms with van der Waals surface area (Å²) in [6, 6.07) is 10.7. The highest BCUT2D eigenvalue weighted by Gasteiger charge is 2.18. The number of halogens is 2. The molecule has 6 heteroatoms. The first-order valence-electron chi connectivity index (χ1n) is 7.90. The van der Waals surface area contributed by atoms with Crippen molar-refractivity contribution in [3.8, 4) is 5.75 Å². The molecule has 3 aromatic rings. The van der Waals surface area contributed by atoms with Crippen molar-refractivity contribution in [3.63, 3.8) is 0 Å². The maximum atomic E-state index is 13.1. The summed E-state index contributed by atoms with van der Waals surface area (Å²) in [5.41, 5.74) is 0.848. The van der Waals surface area contributed by atoms with Crippen LogP contribution in [0, 0.1) is 5.82 Å². The second-order valence-corrected chi connectivity index (χ2v) is 5.98. The summed E-state index contributed by atoms with van der Waals surface area (Å²) in [6.07, 6.45) is 0. The van der Waals surface area contributed by atoms with E-state index in [-0.39, 0.29) is 10.6 Å². The van der Waals surface area contributed by atoms with Crippen LogP contribution in [-0.4, -0.2) is 12.5 Å². The van der Waals surface area contributed by atoms with Crippen molar-refractivity contribution in [3.05, 3.63) is 64.6 Å². The molecule has 2 aromatic carbocycles. The standard InChI is InChI=1S/C19H17ClFNO3/c1-3-24-16-6-4-5-12-9-17(25-18(12)16)11(2)22-19(23)14-8-7-13(21)10-15(14)20/h4-11H,3H2,1-2H3,(H,22,23). The van der Waals surface area contributed by atoms with Crippen LogP contribution in [-0.2, 0) is 0 Å². The normalized spacial score (nSPS) is 12.2. The van der Waals surface area contributed by atoms with Crippen molar-refractivity contribution < 1.29 is 18.3 Å². The number of nitrogens with one attached hydrogen (secondary N) is 1. The Balaban J connectivity index is 1.83. The van der Waals surface area contributed by atoms with Crippen molar-refractivity contribution >= 4 is 28.5 Å². The lowest BCUT2D eigenvalue weighted by Crippen LogP contribution is -2.26. The number of ether oxygens (including phenoxy) is 1. The molecule has 1 aromatic heterocycles. The van der Waals surface area contributed by atoms with Gasteiger partial charge in [0, 0.05) is 5.39 Å². The van der Waals surface area contributed by atoms with E-state index in [1.165, 1.54) is 12.1 Å². The Morgan fingerprint density at radius 3 is 2.84 bits per heavy atom. The highest BCUT2D eigenvalue weighted by atomic mass is 35.5. The first kappa shape index (κ1) is 17.3. The molecule has 1 unspecified atom stereocenters. The summed E-state index contributed by atoms with van der Waals surface area (Å²) in [5.74, 6) is 0.360. The molecule has 1 amide bonds. The van der Waals surface area contributed by atoms with Gasteiger partial charge in [0.1, 0.15) is 11.6 Å². The average Bonchev–Trinajstić information content (AvgIpc) is 3.00. The Hall–Kier alpha value is -2.53. The van der Waals surface area contributed by atoms with Gasteiger partial charge in [-0.15, -0.1) is 0 Å². The minimum Gasteiger partial charge on any atom is -0.490 e.